The molecule has 1 saturated carbocycles. The van der Waals surface area contributed by atoms with E-state index in [-0.39, 0.29) is 5.91 Å². The summed E-state index contributed by atoms with van der Waals surface area (Å²) in [6, 6.07) is 11.5. The van der Waals surface area contributed by atoms with Gasteiger partial charge in [0.25, 0.3) is 5.91 Å². The molecule has 0 aromatic carbocycles. The average molecular weight is 334 g/mol. The summed E-state index contributed by atoms with van der Waals surface area (Å²) < 4.78 is 1.91. The summed E-state index contributed by atoms with van der Waals surface area (Å²) in [4.78, 5) is 23.8. The van der Waals surface area contributed by atoms with E-state index in [4.69, 9.17) is 0 Å². The largest absolute Gasteiger partial charge is 0.308 e. The van der Waals surface area contributed by atoms with Crippen LogP contribution >= 0.6 is 0 Å². The van der Waals surface area contributed by atoms with Crippen LogP contribution in [0, 0.1) is 5.92 Å². The fourth-order valence-corrected chi connectivity index (χ4v) is 3.61. The number of fused-ring (bicyclic) bond motifs is 1. The predicted octanol–water partition coefficient (Wildman–Crippen LogP) is 3.96. The third-order valence-corrected chi connectivity index (χ3v) is 4.97. The van der Waals surface area contributed by atoms with Crippen LogP contribution in [-0.2, 0) is 0 Å². The molecule has 1 fully saturated rings. The number of carbonyl (C=O) groups is 1. The predicted molar refractivity (Wildman–Crippen MR) is 97.7 cm³/mol. The third-order valence-electron chi connectivity index (χ3n) is 4.97. The van der Waals surface area contributed by atoms with Gasteiger partial charge in [-0.1, -0.05) is 25.3 Å². The first-order valence-corrected chi connectivity index (χ1v) is 8.97. The minimum atomic E-state index is -0.0760. The van der Waals surface area contributed by atoms with Crippen molar-refractivity contribution >= 4 is 17.2 Å². The molecule has 3 heterocycles. The van der Waals surface area contributed by atoms with Crippen LogP contribution in [0.2, 0.25) is 0 Å². The first kappa shape index (κ1) is 15.8. The van der Waals surface area contributed by atoms with E-state index in [1.165, 1.54) is 32.1 Å². The van der Waals surface area contributed by atoms with Gasteiger partial charge in [0.2, 0.25) is 0 Å². The van der Waals surface area contributed by atoms with Gasteiger partial charge in [0.1, 0.15) is 11.5 Å². The van der Waals surface area contributed by atoms with E-state index in [9.17, 15) is 4.79 Å². The summed E-state index contributed by atoms with van der Waals surface area (Å²) in [6.07, 6.45) is 11.5. The maximum atomic E-state index is 13.2. The van der Waals surface area contributed by atoms with Crippen LogP contribution in [0.5, 0.6) is 0 Å². The van der Waals surface area contributed by atoms with Crippen molar-refractivity contribution in [1.29, 1.82) is 0 Å². The van der Waals surface area contributed by atoms with Crippen LogP contribution in [-0.4, -0.2) is 26.8 Å². The van der Waals surface area contributed by atoms with Gasteiger partial charge < -0.3 is 4.40 Å². The highest BCUT2D eigenvalue weighted by Crippen LogP contribution is 2.26. The lowest BCUT2D eigenvalue weighted by Gasteiger charge is -2.29. The van der Waals surface area contributed by atoms with Gasteiger partial charge in [-0.25, -0.2) is 9.97 Å². The Balaban J connectivity index is 1.64. The summed E-state index contributed by atoms with van der Waals surface area (Å²) in [5.74, 6) is 1.17. The molecule has 25 heavy (non-hydrogen) atoms. The van der Waals surface area contributed by atoms with Gasteiger partial charge in [-0.15, -0.1) is 0 Å². The molecular formula is C20H22N4O. The fraction of sp³-hybridized carbons (Fsp3) is 0.350. The van der Waals surface area contributed by atoms with E-state index < -0.39 is 0 Å². The molecular weight excluding hydrogens is 312 g/mol. The Kier molecular flexibility index (Phi) is 4.46. The zero-order valence-electron chi connectivity index (χ0n) is 14.2. The Labute approximate surface area is 147 Å². The molecule has 0 aliphatic heterocycles. The minimum Gasteiger partial charge on any atom is -0.308 e. The first-order chi connectivity index (χ1) is 12.3. The number of rotatable bonds is 4. The monoisotopic (exact) mass is 334 g/mol. The van der Waals surface area contributed by atoms with Gasteiger partial charge in [-0.05, 0) is 49.1 Å². The standard InChI is InChI=1S/C20H22N4O/c25-20(18-13-17-9-6-12-23(17)15-22-18)24(19-10-4-5-11-21-19)14-16-7-2-1-3-8-16/h4-6,9-13,15-16H,1-3,7-8,14H2. The zero-order valence-corrected chi connectivity index (χ0v) is 14.2. The quantitative estimate of drug-likeness (QED) is 0.726. The van der Waals surface area contributed by atoms with Gasteiger partial charge in [0, 0.05) is 24.5 Å². The van der Waals surface area contributed by atoms with E-state index >= 15 is 0 Å². The van der Waals surface area contributed by atoms with Crippen LogP contribution in [0.3, 0.4) is 0 Å². The average Bonchev–Trinajstić information content (AvgIpc) is 3.15. The maximum absolute atomic E-state index is 13.2. The molecule has 1 aliphatic rings. The molecule has 1 amide bonds. The van der Waals surface area contributed by atoms with E-state index in [0.29, 0.717) is 24.0 Å². The second-order valence-corrected chi connectivity index (χ2v) is 6.72. The van der Waals surface area contributed by atoms with E-state index in [2.05, 4.69) is 9.97 Å². The molecule has 5 nitrogen and oxygen atoms in total. The van der Waals surface area contributed by atoms with Crippen LogP contribution in [0.1, 0.15) is 42.6 Å². The van der Waals surface area contributed by atoms with Gasteiger partial charge in [0.05, 0.1) is 6.33 Å². The van der Waals surface area contributed by atoms with Crippen LogP contribution in [0.25, 0.3) is 5.52 Å². The van der Waals surface area contributed by atoms with Crippen molar-refractivity contribution in [3.63, 3.8) is 0 Å². The maximum Gasteiger partial charge on any atom is 0.278 e. The second kappa shape index (κ2) is 7.05. The number of amides is 1. The Morgan fingerprint density at radius 2 is 2.00 bits per heavy atom. The molecule has 0 N–H and O–H groups in total. The van der Waals surface area contributed by atoms with Crippen molar-refractivity contribution in [1.82, 2.24) is 14.4 Å². The Morgan fingerprint density at radius 3 is 2.80 bits per heavy atom. The smallest absolute Gasteiger partial charge is 0.278 e. The molecule has 0 radical (unpaired) electrons. The number of pyridine rings is 1. The number of hydrogen-bond acceptors (Lipinski definition) is 3. The Bertz CT molecular complexity index is 852. The van der Waals surface area contributed by atoms with Crippen LogP contribution in [0.15, 0.2) is 55.1 Å². The van der Waals surface area contributed by atoms with E-state index in [1.54, 1.807) is 17.4 Å². The van der Waals surface area contributed by atoms with Crippen molar-refractivity contribution in [2.45, 2.75) is 32.1 Å². The molecule has 5 heteroatoms. The summed E-state index contributed by atoms with van der Waals surface area (Å²) in [7, 11) is 0. The van der Waals surface area contributed by atoms with Gasteiger partial charge in [0.15, 0.2) is 0 Å². The molecule has 4 rings (SSSR count). The molecule has 0 atom stereocenters. The molecule has 3 aromatic rings. The molecule has 3 aromatic heterocycles. The molecule has 128 valence electrons. The highest BCUT2D eigenvalue weighted by molar-refractivity contribution is 6.04. The molecule has 0 saturated heterocycles. The van der Waals surface area contributed by atoms with E-state index in [1.807, 2.05) is 47.0 Å². The Hall–Kier alpha value is -2.69. The highest BCUT2D eigenvalue weighted by atomic mass is 16.2. The highest BCUT2D eigenvalue weighted by Gasteiger charge is 2.25. The van der Waals surface area contributed by atoms with Crippen LogP contribution < -0.4 is 4.90 Å². The summed E-state index contributed by atoms with van der Waals surface area (Å²) in [5.41, 5.74) is 1.43. The second-order valence-electron chi connectivity index (χ2n) is 6.72. The number of carbonyl (C=O) groups excluding carboxylic acids is 1. The first-order valence-electron chi connectivity index (χ1n) is 8.97. The van der Waals surface area contributed by atoms with Crippen molar-refractivity contribution in [2.24, 2.45) is 5.92 Å². The number of anilines is 1. The van der Waals surface area contributed by atoms with Crippen molar-refractivity contribution in [3.05, 3.63) is 60.8 Å². The van der Waals surface area contributed by atoms with Gasteiger partial charge >= 0.3 is 0 Å². The zero-order chi connectivity index (χ0) is 17.1. The molecule has 0 bridgehead atoms. The van der Waals surface area contributed by atoms with E-state index in [0.717, 1.165) is 5.52 Å². The fourth-order valence-electron chi connectivity index (χ4n) is 3.61. The number of aromatic nitrogens is 3. The molecule has 0 spiro atoms. The topological polar surface area (TPSA) is 50.5 Å². The SMILES string of the molecule is O=C(c1cc2cccn2cn1)N(CC1CCCCC1)c1ccccn1. The van der Waals surface area contributed by atoms with Crippen molar-refractivity contribution in [2.75, 3.05) is 11.4 Å². The normalized spacial score (nSPS) is 15.4. The minimum absolute atomic E-state index is 0.0760. The van der Waals surface area contributed by atoms with Gasteiger partial charge in [-0.2, -0.15) is 0 Å². The lowest BCUT2D eigenvalue weighted by molar-refractivity contribution is 0.0974. The summed E-state index contributed by atoms with van der Waals surface area (Å²) >= 11 is 0. The Morgan fingerprint density at radius 1 is 1.12 bits per heavy atom. The summed E-state index contributed by atoms with van der Waals surface area (Å²) in [6.45, 7) is 0.712. The summed E-state index contributed by atoms with van der Waals surface area (Å²) in [5, 5.41) is 0. The molecule has 0 unspecified atom stereocenters. The number of hydrogen-bond donors (Lipinski definition) is 0. The van der Waals surface area contributed by atoms with Crippen molar-refractivity contribution < 1.29 is 4.79 Å². The lowest BCUT2D eigenvalue weighted by Crippen LogP contribution is -2.37. The van der Waals surface area contributed by atoms with Crippen molar-refractivity contribution in [3.8, 4) is 0 Å². The number of nitrogens with zero attached hydrogens (tertiary/aromatic N) is 4. The lowest BCUT2D eigenvalue weighted by atomic mass is 9.89. The molecule has 1 aliphatic carbocycles. The van der Waals surface area contributed by atoms with Crippen LogP contribution in [0.4, 0.5) is 5.82 Å². The third kappa shape index (κ3) is 3.40. The van der Waals surface area contributed by atoms with Gasteiger partial charge in [-0.3, -0.25) is 9.69 Å².